The van der Waals surface area contributed by atoms with Crippen LogP contribution in [0.5, 0.6) is 0 Å². The summed E-state index contributed by atoms with van der Waals surface area (Å²) in [4.78, 5) is 2.28. The normalized spacial score (nSPS) is 16.2. The van der Waals surface area contributed by atoms with Crippen LogP contribution >= 0.6 is 12.2 Å². The van der Waals surface area contributed by atoms with Crippen LogP contribution in [0.25, 0.3) is 0 Å². The highest BCUT2D eigenvalue weighted by atomic mass is 32.1. The molecule has 1 aromatic rings. The minimum Gasteiger partial charge on any atom is -0.305 e. The first-order chi connectivity index (χ1) is 7.22. The van der Waals surface area contributed by atoms with Crippen molar-refractivity contribution < 1.29 is 0 Å². The summed E-state index contributed by atoms with van der Waals surface area (Å²) < 4.78 is 2.92. The number of hydrogen-bond acceptors (Lipinski definition) is 3. The zero-order valence-electron chi connectivity index (χ0n) is 9.36. The van der Waals surface area contributed by atoms with Crippen molar-refractivity contribution >= 4 is 12.2 Å². The van der Waals surface area contributed by atoms with E-state index in [0.29, 0.717) is 5.92 Å². The molecule has 0 aliphatic heterocycles. The summed E-state index contributed by atoms with van der Waals surface area (Å²) in [7, 11) is 2.13. The lowest BCUT2D eigenvalue weighted by Crippen LogP contribution is -2.23. The van der Waals surface area contributed by atoms with E-state index in [2.05, 4.69) is 33.6 Å². The monoisotopic (exact) mass is 226 g/mol. The van der Waals surface area contributed by atoms with Crippen molar-refractivity contribution in [1.82, 2.24) is 19.7 Å². The lowest BCUT2D eigenvalue weighted by Gasteiger charge is -2.14. The lowest BCUT2D eigenvalue weighted by molar-refractivity contribution is 0.332. The van der Waals surface area contributed by atoms with Gasteiger partial charge in [-0.15, -0.1) is 0 Å². The van der Waals surface area contributed by atoms with Crippen molar-refractivity contribution in [3.63, 3.8) is 0 Å². The van der Waals surface area contributed by atoms with Crippen molar-refractivity contribution in [2.24, 2.45) is 0 Å². The first-order valence-corrected chi connectivity index (χ1v) is 5.96. The molecule has 1 aliphatic carbocycles. The first-order valence-electron chi connectivity index (χ1n) is 5.56. The number of nitrogens with zero attached hydrogens (tertiary/aromatic N) is 3. The van der Waals surface area contributed by atoms with Gasteiger partial charge in [0.1, 0.15) is 5.82 Å². The van der Waals surface area contributed by atoms with Gasteiger partial charge in [0.25, 0.3) is 0 Å². The number of hydrogen-bond donors (Lipinski definition) is 1. The molecule has 0 bridgehead atoms. The predicted octanol–water partition coefficient (Wildman–Crippen LogP) is 1.77. The lowest BCUT2D eigenvalue weighted by atomic mass is 10.4. The highest BCUT2D eigenvalue weighted by Gasteiger charge is 2.28. The topological polar surface area (TPSA) is 36.9 Å². The summed E-state index contributed by atoms with van der Waals surface area (Å²) in [6, 6.07) is 0. The second-order valence-electron chi connectivity index (χ2n) is 4.21. The molecule has 1 fully saturated rings. The fraction of sp³-hybridized carbons (Fsp3) is 0.800. The molecule has 84 valence electrons. The molecular formula is C10H18N4S. The fourth-order valence-electron chi connectivity index (χ4n) is 1.63. The average Bonchev–Trinajstić information content (AvgIpc) is 3.01. The van der Waals surface area contributed by atoms with Gasteiger partial charge in [-0.1, -0.05) is 6.92 Å². The SMILES string of the molecule is CCN(C)CCn1c(C2CC2)n[nH]c1=S. The second-order valence-corrected chi connectivity index (χ2v) is 4.60. The van der Waals surface area contributed by atoms with E-state index in [1.54, 1.807) is 0 Å². The van der Waals surface area contributed by atoms with Crippen molar-refractivity contribution in [2.75, 3.05) is 20.1 Å². The highest BCUT2D eigenvalue weighted by molar-refractivity contribution is 7.71. The predicted molar refractivity (Wildman–Crippen MR) is 62.6 cm³/mol. The van der Waals surface area contributed by atoms with Gasteiger partial charge in [-0.3, -0.25) is 5.10 Å². The highest BCUT2D eigenvalue weighted by Crippen LogP contribution is 2.38. The molecule has 1 heterocycles. The Hall–Kier alpha value is -0.680. The maximum atomic E-state index is 5.23. The van der Waals surface area contributed by atoms with Crippen LogP contribution < -0.4 is 0 Å². The van der Waals surface area contributed by atoms with Crippen molar-refractivity contribution in [2.45, 2.75) is 32.2 Å². The summed E-state index contributed by atoms with van der Waals surface area (Å²) in [5, 5.41) is 7.21. The molecule has 0 aromatic carbocycles. The maximum absolute atomic E-state index is 5.23. The van der Waals surface area contributed by atoms with Crippen molar-refractivity contribution in [3.8, 4) is 0 Å². The molecule has 0 radical (unpaired) electrons. The number of aromatic amines is 1. The van der Waals surface area contributed by atoms with Gasteiger partial charge >= 0.3 is 0 Å². The van der Waals surface area contributed by atoms with Crippen LogP contribution in [0.3, 0.4) is 0 Å². The Labute approximate surface area is 95.3 Å². The molecule has 0 amide bonds. The summed E-state index contributed by atoms with van der Waals surface area (Å²) in [5.41, 5.74) is 0. The number of likely N-dealkylation sites (N-methyl/N-ethyl adjacent to an activating group) is 1. The first kappa shape index (κ1) is 10.8. The molecule has 4 nitrogen and oxygen atoms in total. The van der Waals surface area contributed by atoms with Gasteiger partial charge in [0, 0.05) is 19.0 Å². The summed E-state index contributed by atoms with van der Waals surface area (Å²) in [5.74, 6) is 1.81. The Balaban J connectivity index is 2.05. The van der Waals surface area contributed by atoms with E-state index in [1.807, 2.05) is 0 Å². The summed E-state index contributed by atoms with van der Waals surface area (Å²) >= 11 is 5.23. The van der Waals surface area contributed by atoms with Gasteiger partial charge in [0.15, 0.2) is 4.77 Å². The van der Waals surface area contributed by atoms with Crippen LogP contribution in [0.1, 0.15) is 31.5 Å². The molecular weight excluding hydrogens is 208 g/mol. The third-order valence-corrected chi connectivity index (χ3v) is 3.29. The third kappa shape index (κ3) is 2.46. The Morgan fingerprint density at radius 1 is 1.60 bits per heavy atom. The van der Waals surface area contributed by atoms with E-state index >= 15 is 0 Å². The van der Waals surface area contributed by atoms with E-state index in [0.717, 1.165) is 30.2 Å². The van der Waals surface area contributed by atoms with E-state index in [4.69, 9.17) is 12.2 Å². The van der Waals surface area contributed by atoms with Crippen LogP contribution in [-0.4, -0.2) is 39.8 Å². The molecule has 0 spiro atoms. The van der Waals surface area contributed by atoms with E-state index in [-0.39, 0.29) is 0 Å². The number of nitrogens with one attached hydrogen (secondary N) is 1. The molecule has 15 heavy (non-hydrogen) atoms. The minimum absolute atomic E-state index is 0.657. The standard InChI is InChI=1S/C10H18N4S/c1-3-13(2)6-7-14-9(8-4-5-8)11-12-10(14)15/h8H,3-7H2,1-2H3,(H,12,15). The Morgan fingerprint density at radius 3 is 2.93 bits per heavy atom. The molecule has 5 heteroatoms. The number of H-pyrrole nitrogens is 1. The molecule has 0 atom stereocenters. The summed E-state index contributed by atoms with van der Waals surface area (Å²) in [6.45, 7) is 5.22. The largest absolute Gasteiger partial charge is 0.305 e. The molecule has 0 unspecified atom stereocenters. The third-order valence-electron chi connectivity index (χ3n) is 2.98. The molecule has 1 N–H and O–H groups in total. The van der Waals surface area contributed by atoms with Crippen LogP contribution in [0.15, 0.2) is 0 Å². The smallest absolute Gasteiger partial charge is 0.195 e. The number of aromatic nitrogens is 3. The fourth-order valence-corrected chi connectivity index (χ4v) is 1.86. The van der Waals surface area contributed by atoms with Crippen molar-refractivity contribution in [3.05, 3.63) is 10.6 Å². The Morgan fingerprint density at radius 2 is 2.33 bits per heavy atom. The molecule has 1 aliphatic rings. The molecule has 1 saturated carbocycles. The average molecular weight is 226 g/mol. The minimum atomic E-state index is 0.657. The van der Waals surface area contributed by atoms with Gasteiger partial charge in [0.2, 0.25) is 0 Å². The van der Waals surface area contributed by atoms with E-state index < -0.39 is 0 Å². The molecule has 2 rings (SSSR count). The molecule has 1 aromatic heterocycles. The maximum Gasteiger partial charge on any atom is 0.195 e. The number of rotatable bonds is 5. The van der Waals surface area contributed by atoms with Crippen LogP contribution in [-0.2, 0) is 6.54 Å². The summed E-state index contributed by atoms with van der Waals surface area (Å²) in [6.07, 6.45) is 2.53. The van der Waals surface area contributed by atoms with Crippen molar-refractivity contribution in [1.29, 1.82) is 0 Å². The van der Waals surface area contributed by atoms with Gasteiger partial charge < -0.3 is 9.47 Å². The van der Waals surface area contributed by atoms with Gasteiger partial charge in [-0.25, -0.2) is 0 Å². The quantitative estimate of drug-likeness (QED) is 0.777. The van der Waals surface area contributed by atoms with Gasteiger partial charge in [-0.05, 0) is 38.7 Å². The van der Waals surface area contributed by atoms with Gasteiger partial charge in [-0.2, -0.15) is 5.10 Å². The van der Waals surface area contributed by atoms with Gasteiger partial charge in [0.05, 0.1) is 0 Å². The second kappa shape index (κ2) is 4.45. The molecule has 0 saturated heterocycles. The Bertz CT molecular complexity index is 377. The zero-order chi connectivity index (χ0) is 10.8. The Kier molecular flexibility index (Phi) is 3.21. The van der Waals surface area contributed by atoms with Crippen LogP contribution in [0, 0.1) is 4.77 Å². The zero-order valence-corrected chi connectivity index (χ0v) is 10.2. The van der Waals surface area contributed by atoms with E-state index in [1.165, 1.54) is 12.8 Å². The van der Waals surface area contributed by atoms with Crippen LogP contribution in [0.2, 0.25) is 0 Å². The van der Waals surface area contributed by atoms with E-state index in [9.17, 15) is 0 Å². The van der Waals surface area contributed by atoms with Crippen LogP contribution in [0.4, 0.5) is 0 Å².